The van der Waals surface area contributed by atoms with Crippen LogP contribution in [-0.2, 0) is 12.8 Å². The minimum atomic E-state index is -0.172. The Balaban J connectivity index is 1.55. The van der Waals surface area contributed by atoms with Crippen molar-refractivity contribution in [3.8, 4) is 11.5 Å². The van der Waals surface area contributed by atoms with Crippen molar-refractivity contribution in [2.75, 3.05) is 13.2 Å². The lowest BCUT2D eigenvalue weighted by Gasteiger charge is -2.21. The summed E-state index contributed by atoms with van der Waals surface area (Å²) < 4.78 is 11.2. The molecule has 0 bridgehead atoms. The summed E-state index contributed by atoms with van der Waals surface area (Å²) in [4.78, 5) is 22.2. The van der Waals surface area contributed by atoms with E-state index < -0.39 is 0 Å². The molecule has 0 radical (unpaired) electrons. The van der Waals surface area contributed by atoms with Crippen molar-refractivity contribution in [3.63, 3.8) is 0 Å². The average molecular weight is 391 g/mol. The molecule has 1 aromatic heterocycles. The Labute approximate surface area is 170 Å². The molecule has 0 saturated carbocycles. The van der Waals surface area contributed by atoms with Gasteiger partial charge in [-0.1, -0.05) is 19.9 Å². The molecular weight excluding hydrogens is 366 g/mol. The fraction of sp³-hybridized carbons (Fsp3) is 0.348. The van der Waals surface area contributed by atoms with Gasteiger partial charge in [0, 0.05) is 5.56 Å². The van der Waals surface area contributed by atoms with E-state index in [1.54, 1.807) is 6.07 Å². The van der Waals surface area contributed by atoms with Crippen molar-refractivity contribution in [3.05, 3.63) is 58.9 Å². The summed E-state index contributed by atoms with van der Waals surface area (Å²) in [6.45, 7) is 7.20. The van der Waals surface area contributed by atoms with Crippen LogP contribution in [0.15, 0.2) is 36.4 Å². The Morgan fingerprint density at radius 2 is 1.66 bits per heavy atom. The number of ether oxygens (including phenoxy) is 2. The SMILES string of the molecule is CCc1nc2ccc(C(=O)NC(C)c3ccc4c(c3)OCCO4)cc2nc1CC. The zero-order valence-electron chi connectivity index (χ0n) is 17.0. The molecule has 1 N–H and O–H groups in total. The number of fused-ring (bicyclic) bond motifs is 2. The highest BCUT2D eigenvalue weighted by atomic mass is 16.6. The predicted octanol–water partition coefficient (Wildman–Crippen LogP) is 4.02. The van der Waals surface area contributed by atoms with Gasteiger partial charge >= 0.3 is 0 Å². The summed E-state index contributed by atoms with van der Waals surface area (Å²) in [5, 5.41) is 3.05. The van der Waals surface area contributed by atoms with Gasteiger partial charge in [0.1, 0.15) is 13.2 Å². The van der Waals surface area contributed by atoms with Crippen molar-refractivity contribution in [2.24, 2.45) is 0 Å². The molecular formula is C23H25N3O3. The van der Waals surface area contributed by atoms with Crippen LogP contribution in [0.3, 0.4) is 0 Å². The van der Waals surface area contributed by atoms with Gasteiger partial charge in [0.25, 0.3) is 5.91 Å². The Bertz CT molecular complexity index is 1060. The summed E-state index contributed by atoms with van der Waals surface area (Å²) in [5.74, 6) is 1.31. The van der Waals surface area contributed by atoms with E-state index in [1.165, 1.54) is 0 Å². The van der Waals surface area contributed by atoms with Crippen LogP contribution in [-0.4, -0.2) is 29.1 Å². The van der Waals surface area contributed by atoms with Crippen molar-refractivity contribution in [1.29, 1.82) is 0 Å². The first-order valence-corrected chi connectivity index (χ1v) is 10.1. The number of hydrogen-bond acceptors (Lipinski definition) is 5. The molecule has 6 heteroatoms. The molecule has 0 aliphatic carbocycles. The van der Waals surface area contributed by atoms with Gasteiger partial charge in [0.2, 0.25) is 0 Å². The second-order valence-corrected chi connectivity index (χ2v) is 7.13. The van der Waals surface area contributed by atoms with Crippen LogP contribution in [0.1, 0.15) is 54.1 Å². The van der Waals surface area contributed by atoms with Crippen molar-refractivity contribution in [2.45, 2.75) is 39.7 Å². The van der Waals surface area contributed by atoms with E-state index >= 15 is 0 Å². The van der Waals surface area contributed by atoms with Crippen LogP contribution >= 0.6 is 0 Å². The maximum atomic E-state index is 12.8. The quantitative estimate of drug-likeness (QED) is 0.711. The Kier molecular flexibility index (Phi) is 5.34. The van der Waals surface area contributed by atoms with Gasteiger partial charge < -0.3 is 14.8 Å². The van der Waals surface area contributed by atoms with Gasteiger partial charge in [-0.25, -0.2) is 9.97 Å². The second-order valence-electron chi connectivity index (χ2n) is 7.13. The Morgan fingerprint density at radius 3 is 2.38 bits per heavy atom. The summed E-state index contributed by atoms with van der Waals surface area (Å²) in [7, 11) is 0. The first-order chi connectivity index (χ1) is 14.1. The number of nitrogens with one attached hydrogen (secondary N) is 1. The van der Waals surface area contributed by atoms with E-state index in [1.807, 2.05) is 37.3 Å². The second kappa shape index (κ2) is 8.07. The highest BCUT2D eigenvalue weighted by molar-refractivity contribution is 5.97. The molecule has 150 valence electrons. The largest absolute Gasteiger partial charge is 0.486 e. The van der Waals surface area contributed by atoms with Gasteiger partial charge in [-0.05, 0) is 55.7 Å². The molecule has 2 heterocycles. The first kappa shape index (κ1) is 19.2. The van der Waals surface area contributed by atoms with Gasteiger partial charge in [0.05, 0.1) is 28.5 Å². The van der Waals surface area contributed by atoms with Gasteiger partial charge in [0.15, 0.2) is 11.5 Å². The Hall–Kier alpha value is -3.15. The number of aromatic nitrogens is 2. The topological polar surface area (TPSA) is 73.3 Å². The maximum absolute atomic E-state index is 12.8. The minimum Gasteiger partial charge on any atom is -0.486 e. The Morgan fingerprint density at radius 1 is 0.966 bits per heavy atom. The molecule has 0 fully saturated rings. The lowest BCUT2D eigenvalue weighted by atomic mass is 10.1. The lowest BCUT2D eigenvalue weighted by Crippen LogP contribution is -2.27. The number of amides is 1. The molecule has 2 aromatic carbocycles. The molecule has 1 amide bonds. The fourth-order valence-corrected chi connectivity index (χ4v) is 3.53. The van der Waals surface area contributed by atoms with Crippen molar-refractivity contribution < 1.29 is 14.3 Å². The normalized spacial score (nSPS) is 13.9. The molecule has 6 nitrogen and oxygen atoms in total. The first-order valence-electron chi connectivity index (χ1n) is 10.1. The van der Waals surface area contributed by atoms with E-state index in [4.69, 9.17) is 19.4 Å². The number of hydrogen-bond donors (Lipinski definition) is 1. The van der Waals surface area contributed by atoms with Crippen LogP contribution in [0, 0.1) is 0 Å². The van der Waals surface area contributed by atoms with E-state index in [9.17, 15) is 4.79 Å². The number of rotatable bonds is 5. The monoisotopic (exact) mass is 391 g/mol. The molecule has 3 aromatic rings. The molecule has 1 aliphatic heterocycles. The summed E-state index contributed by atoms with van der Waals surface area (Å²) >= 11 is 0. The minimum absolute atomic E-state index is 0.145. The molecule has 0 saturated heterocycles. The number of benzene rings is 2. The molecule has 4 rings (SSSR count). The smallest absolute Gasteiger partial charge is 0.251 e. The molecule has 29 heavy (non-hydrogen) atoms. The van der Waals surface area contributed by atoms with Crippen LogP contribution in [0.4, 0.5) is 0 Å². The maximum Gasteiger partial charge on any atom is 0.251 e. The summed E-state index contributed by atoms with van der Waals surface area (Å²) in [6, 6.07) is 11.1. The molecule has 0 spiro atoms. The number of nitrogens with zero attached hydrogens (tertiary/aromatic N) is 2. The number of carbonyl (C=O) groups excluding carboxylic acids is 1. The molecule has 1 unspecified atom stereocenters. The van der Waals surface area contributed by atoms with Crippen LogP contribution < -0.4 is 14.8 Å². The third-order valence-corrected chi connectivity index (χ3v) is 5.17. The van der Waals surface area contributed by atoms with Crippen molar-refractivity contribution in [1.82, 2.24) is 15.3 Å². The lowest BCUT2D eigenvalue weighted by molar-refractivity contribution is 0.0940. The summed E-state index contributed by atoms with van der Waals surface area (Å²) in [6.07, 6.45) is 1.67. The third-order valence-electron chi connectivity index (χ3n) is 5.17. The molecule has 1 aliphatic rings. The van der Waals surface area contributed by atoms with E-state index in [2.05, 4.69) is 19.2 Å². The van der Waals surface area contributed by atoms with E-state index in [-0.39, 0.29) is 11.9 Å². The van der Waals surface area contributed by atoms with Gasteiger partial charge in [-0.3, -0.25) is 4.79 Å². The average Bonchev–Trinajstić information content (AvgIpc) is 2.77. The zero-order chi connectivity index (χ0) is 20.4. The summed E-state index contributed by atoms with van der Waals surface area (Å²) in [5.41, 5.74) is 5.10. The number of aryl methyl sites for hydroxylation is 2. The van der Waals surface area contributed by atoms with Gasteiger partial charge in [-0.15, -0.1) is 0 Å². The third kappa shape index (κ3) is 3.88. The van der Waals surface area contributed by atoms with E-state index in [0.717, 1.165) is 52.3 Å². The highest BCUT2D eigenvalue weighted by Gasteiger charge is 2.17. The molecule has 1 atom stereocenters. The fourth-order valence-electron chi connectivity index (χ4n) is 3.53. The van der Waals surface area contributed by atoms with Crippen LogP contribution in [0.5, 0.6) is 11.5 Å². The standard InChI is InChI=1S/C23H25N3O3/c1-4-17-18(5-2)26-20-12-16(6-8-19(20)25-17)23(27)24-14(3)15-7-9-21-22(13-15)29-11-10-28-21/h6-9,12-14H,4-5,10-11H2,1-3H3,(H,24,27). The van der Waals surface area contributed by atoms with Gasteiger partial charge in [-0.2, -0.15) is 0 Å². The van der Waals surface area contributed by atoms with Crippen LogP contribution in [0.25, 0.3) is 11.0 Å². The zero-order valence-corrected chi connectivity index (χ0v) is 17.0. The number of carbonyl (C=O) groups is 1. The van der Waals surface area contributed by atoms with Crippen LogP contribution in [0.2, 0.25) is 0 Å². The van der Waals surface area contributed by atoms with Crippen molar-refractivity contribution >= 4 is 16.9 Å². The highest BCUT2D eigenvalue weighted by Crippen LogP contribution is 2.32. The predicted molar refractivity (Wildman–Crippen MR) is 112 cm³/mol. The van der Waals surface area contributed by atoms with E-state index in [0.29, 0.717) is 18.8 Å².